The Labute approximate surface area is 129 Å². The lowest BCUT2D eigenvalue weighted by Gasteiger charge is -2.10. The van der Waals surface area contributed by atoms with Crippen LogP contribution in [0.5, 0.6) is 0 Å². The number of rotatable bonds is 2. The molecule has 0 fully saturated rings. The van der Waals surface area contributed by atoms with Gasteiger partial charge in [-0.2, -0.15) is 0 Å². The Balaban J connectivity index is 2.41. The van der Waals surface area contributed by atoms with Crippen LogP contribution >= 0.6 is 22.6 Å². The average Bonchev–Trinajstić information content (AvgIpc) is 2.41. The minimum Gasteiger partial charge on any atom is -0.317 e. The lowest BCUT2D eigenvalue weighted by molar-refractivity contribution is 0.102. The number of nitrogens with one attached hydrogen (secondary N) is 1. The van der Waals surface area contributed by atoms with Gasteiger partial charge in [-0.15, -0.1) is 0 Å². The third-order valence-corrected chi connectivity index (χ3v) is 3.42. The first-order valence-corrected chi connectivity index (χ1v) is 6.48. The van der Waals surface area contributed by atoms with Gasteiger partial charge in [0.1, 0.15) is 11.5 Å². The normalized spacial score (nSPS) is 10.6. The monoisotopic (exact) mass is 413 g/mol. The zero-order valence-corrected chi connectivity index (χ0v) is 12.1. The predicted octanol–water partition coefficient (Wildman–Crippen LogP) is 4.24. The second kappa shape index (κ2) is 5.96. The van der Waals surface area contributed by atoms with E-state index in [1.807, 2.05) is 0 Å². The van der Waals surface area contributed by atoms with Gasteiger partial charge in [0.25, 0.3) is 5.91 Å². The van der Waals surface area contributed by atoms with Gasteiger partial charge in [-0.1, -0.05) is 0 Å². The average molecular weight is 413 g/mol. The zero-order valence-electron chi connectivity index (χ0n) is 9.99. The van der Waals surface area contributed by atoms with Gasteiger partial charge in [0.05, 0.1) is 5.56 Å². The van der Waals surface area contributed by atoms with E-state index in [-0.39, 0.29) is 15.2 Å². The van der Waals surface area contributed by atoms with E-state index in [1.54, 1.807) is 27.9 Å². The summed E-state index contributed by atoms with van der Waals surface area (Å²) in [6.07, 6.45) is 0. The molecule has 0 aliphatic heterocycles. The Morgan fingerprint density at radius 2 is 1.52 bits per heavy atom. The molecule has 0 aliphatic rings. The Kier molecular flexibility index (Phi) is 4.45. The fourth-order valence-corrected chi connectivity index (χ4v) is 2.26. The van der Waals surface area contributed by atoms with Gasteiger partial charge >= 0.3 is 0 Å². The molecule has 0 saturated carbocycles. The van der Waals surface area contributed by atoms with Crippen LogP contribution in [-0.2, 0) is 0 Å². The Hall–Kier alpha value is -1.71. The molecule has 0 unspecified atom stereocenters. The molecule has 21 heavy (non-hydrogen) atoms. The van der Waals surface area contributed by atoms with Crippen LogP contribution in [0, 0.1) is 32.7 Å². The maximum absolute atomic E-state index is 13.4. The molecule has 8 heteroatoms. The number of hydrogen-bond acceptors (Lipinski definition) is 1. The van der Waals surface area contributed by atoms with Crippen LogP contribution in [0.1, 0.15) is 10.4 Å². The van der Waals surface area contributed by atoms with Gasteiger partial charge in [0.15, 0.2) is 23.3 Å². The van der Waals surface area contributed by atoms with Gasteiger partial charge in [-0.05, 0) is 40.8 Å². The molecule has 2 aromatic carbocycles. The molecule has 0 radical (unpaired) electrons. The molecule has 2 aromatic rings. The van der Waals surface area contributed by atoms with Crippen molar-refractivity contribution >= 4 is 34.2 Å². The van der Waals surface area contributed by atoms with E-state index < -0.39 is 40.7 Å². The summed E-state index contributed by atoms with van der Waals surface area (Å²) in [6, 6.07) is 3.10. The minimum atomic E-state index is -1.72. The molecule has 1 amide bonds. The molecule has 0 atom stereocenters. The maximum atomic E-state index is 13.4. The van der Waals surface area contributed by atoms with E-state index in [1.165, 1.54) is 0 Å². The summed E-state index contributed by atoms with van der Waals surface area (Å²) in [5, 5.41) is 1.74. The van der Waals surface area contributed by atoms with Crippen molar-refractivity contribution in [2.24, 2.45) is 0 Å². The van der Waals surface area contributed by atoms with Crippen molar-refractivity contribution in [1.82, 2.24) is 0 Å². The van der Waals surface area contributed by atoms with Crippen molar-refractivity contribution in [3.05, 3.63) is 62.5 Å². The molecule has 0 spiro atoms. The Bertz CT molecular complexity index is 709. The van der Waals surface area contributed by atoms with E-state index in [2.05, 4.69) is 0 Å². The van der Waals surface area contributed by atoms with Gasteiger partial charge in [0, 0.05) is 9.64 Å². The third kappa shape index (κ3) is 3.14. The first-order valence-electron chi connectivity index (χ1n) is 5.40. The lowest BCUT2D eigenvalue weighted by Crippen LogP contribution is -2.17. The maximum Gasteiger partial charge on any atom is 0.256 e. The van der Waals surface area contributed by atoms with E-state index in [0.717, 1.165) is 18.2 Å². The van der Waals surface area contributed by atoms with Crippen molar-refractivity contribution in [3.63, 3.8) is 0 Å². The number of anilines is 1. The van der Waals surface area contributed by atoms with Crippen molar-refractivity contribution in [2.45, 2.75) is 0 Å². The summed E-state index contributed by atoms with van der Waals surface area (Å²) >= 11 is 1.64. The van der Waals surface area contributed by atoms with E-state index in [4.69, 9.17) is 0 Å². The predicted molar refractivity (Wildman–Crippen MR) is 73.3 cm³/mol. The molecule has 1 N–H and O–H groups in total. The smallest absolute Gasteiger partial charge is 0.256 e. The zero-order chi connectivity index (χ0) is 15.7. The second-order valence-electron chi connectivity index (χ2n) is 3.92. The molecule has 2 nitrogen and oxygen atoms in total. The van der Waals surface area contributed by atoms with Crippen molar-refractivity contribution in [2.75, 3.05) is 5.32 Å². The summed E-state index contributed by atoms with van der Waals surface area (Å²) in [5.41, 5.74) is -1.34. The van der Waals surface area contributed by atoms with E-state index >= 15 is 0 Å². The van der Waals surface area contributed by atoms with Crippen LogP contribution in [0.25, 0.3) is 0 Å². The summed E-state index contributed by atoms with van der Waals surface area (Å²) in [6.45, 7) is 0. The van der Waals surface area contributed by atoms with E-state index in [9.17, 15) is 26.7 Å². The molecule has 0 aliphatic carbocycles. The highest BCUT2D eigenvalue weighted by Gasteiger charge is 2.22. The number of hydrogen-bond donors (Lipinski definition) is 1. The first kappa shape index (κ1) is 15.7. The molecule has 0 saturated heterocycles. The molecule has 0 aromatic heterocycles. The molecule has 110 valence electrons. The van der Waals surface area contributed by atoms with Gasteiger partial charge < -0.3 is 5.32 Å². The number of carbonyl (C=O) groups is 1. The molecule has 0 heterocycles. The van der Waals surface area contributed by atoms with Crippen LogP contribution in [-0.4, -0.2) is 5.91 Å². The quantitative estimate of drug-likeness (QED) is 0.446. The summed E-state index contributed by atoms with van der Waals surface area (Å²) < 4.78 is 66.0. The van der Waals surface area contributed by atoms with Crippen LogP contribution in [0.15, 0.2) is 24.3 Å². The fraction of sp³-hybridized carbons (Fsp3) is 0. The fourth-order valence-electron chi connectivity index (χ4n) is 1.54. The van der Waals surface area contributed by atoms with Crippen LogP contribution in [0.2, 0.25) is 0 Å². The van der Waals surface area contributed by atoms with Crippen LogP contribution in [0.4, 0.5) is 27.6 Å². The second-order valence-corrected chi connectivity index (χ2v) is 5.08. The van der Waals surface area contributed by atoms with Crippen molar-refractivity contribution in [1.29, 1.82) is 0 Å². The summed E-state index contributed by atoms with van der Waals surface area (Å²) in [5.74, 6) is -8.36. The highest BCUT2D eigenvalue weighted by Crippen LogP contribution is 2.25. The van der Waals surface area contributed by atoms with E-state index in [0.29, 0.717) is 0 Å². The highest BCUT2D eigenvalue weighted by atomic mass is 127. The topological polar surface area (TPSA) is 29.1 Å². The largest absolute Gasteiger partial charge is 0.317 e. The number of amides is 1. The van der Waals surface area contributed by atoms with Crippen molar-refractivity contribution in [3.8, 4) is 0 Å². The third-order valence-electron chi connectivity index (χ3n) is 2.53. The first-order chi connectivity index (χ1) is 9.81. The standard InChI is InChI=1S/C13H5F5INO/c14-5-1-2-6(9(19)3-5)13(21)20-12-10(17)7(15)4-8(16)11(12)18/h1-4H,(H,20,21). The van der Waals surface area contributed by atoms with Crippen LogP contribution in [0.3, 0.4) is 0 Å². The van der Waals surface area contributed by atoms with Gasteiger partial charge in [-0.25, -0.2) is 22.0 Å². The molecule has 2 rings (SSSR count). The Morgan fingerprint density at radius 3 is 2.05 bits per heavy atom. The number of benzene rings is 2. The van der Waals surface area contributed by atoms with Gasteiger partial charge in [0.2, 0.25) is 0 Å². The van der Waals surface area contributed by atoms with Crippen molar-refractivity contribution < 1.29 is 26.7 Å². The SMILES string of the molecule is O=C(Nc1c(F)c(F)cc(F)c1F)c1ccc(F)cc1I. The summed E-state index contributed by atoms with van der Waals surface area (Å²) in [4.78, 5) is 11.9. The lowest BCUT2D eigenvalue weighted by atomic mass is 10.2. The molecular formula is C13H5F5INO. The number of halogens is 6. The molecule has 0 bridgehead atoms. The highest BCUT2D eigenvalue weighted by molar-refractivity contribution is 14.1. The van der Waals surface area contributed by atoms with Gasteiger partial charge in [-0.3, -0.25) is 4.79 Å². The summed E-state index contributed by atoms with van der Waals surface area (Å²) in [7, 11) is 0. The van der Waals surface area contributed by atoms with Crippen LogP contribution < -0.4 is 5.32 Å². The Morgan fingerprint density at radius 1 is 0.952 bits per heavy atom. The number of carbonyl (C=O) groups excluding carboxylic acids is 1. The minimum absolute atomic E-state index is 0.0297. The molecular weight excluding hydrogens is 408 g/mol.